The number of hydrogen-bond donors (Lipinski definition) is 0. The van der Waals surface area contributed by atoms with E-state index in [1.54, 1.807) is 0 Å². The average Bonchev–Trinajstić information content (AvgIpc) is 3.16. The van der Waals surface area contributed by atoms with Crippen molar-refractivity contribution in [1.82, 2.24) is 4.98 Å². The maximum Gasteiger partial charge on any atom is 0.404 e. The van der Waals surface area contributed by atoms with Gasteiger partial charge in [-0.2, -0.15) is 8.78 Å². The minimum Gasteiger partial charge on any atom is -0.457 e. The lowest BCUT2D eigenvalue weighted by atomic mass is 10.2. The zero-order valence-electron chi connectivity index (χ0n) is 16.3. The van der Waals surface area contributed by atoms with Crippen molar-refractivity contribution in [2.24, 2.45) is 0 Å². The Hall–Kier alpha value is -2.19. The first-order chi connectivity index (χ1) is 14.3. The quantitative estimate of drug-likeness (QED) is 0.292. The molecular weight excluding hydrogens is 435 g/mol. The van der Waals surface area contributed by atoms with Gasteiger partial charge < -0.3 is 13.8 Å². The maximum absolute atomic E-state index is 14.9. The number of thiophene rings is 1. The number of benzene rings is 1. The minimum atomic E-state index is -4.74. The molecule has 1 aromatic carbocycles. The van der Waals surface area contributed by atoms with E-state index in [0.717, 1.165) is 29.2 Å². The molecule has 0 amide bonds. The molecule has 160 valence electrons. The highest BCUT2D eigenvalue weighted by Gasteiger charge is 2.55. The van der Waals surface area contributed by atoms with Gasteiger partial charge in [-0.1, -0.05) is 30.3 Å². The number of carbonyl (C=O) groups is 1. The molecule has 0 radical (unpaired) electrons. The topological polar surface area (TPSA) is 74.7 Å². The molecule has 0 bridgehead atoms. The Morgan fingerprint density at radius 2 is 1.80 bits per heavy atom. The van der Waals surface area contributed by atoms with Crippen molar-refractivity contribution in [1.29, 1.82) is 0 Å². The first kappa shape index (κ1) is 22.5. The van der Waals surface area contributed by atoms with Crippen LogP contribution in [0.25, 0.3) is 10.2 Å². The summed E-state index contributed by atoms with van der Waals surface area (Å²) in [5, 5.41) is 0.309. The van der Waals surface area contributed by atoms with Crippen LogP contribution in [0.4, 0.5) is 8.78 Å². The second kappa shape index (κ2) is 9.31. The van der Waals surface area contributed by atoms with E-state index in [-0.39, 0.29) is 24.7 Å². The number of nitrogens with zero attached hydrogens (tertiary/aromatic N) is 1. The summed E-state index contributed by atoms with van der Waals surface area (Å²) in [6, 6.07) is 11.7. The molecule has 0 aliphatic rings. The summed E-state index contributed by atoms with van der Waals surface area (Å²) in [6.07, 6.45) is 0.919. The summed E-state index contributed by atoms with van der Waals surface area (Å²) in [4.78, 5) is 16.9. The highest BCUT2D eigenvalue weighted by molar-refractivity contribution is 7.54. The van der Waals surface area contributed by atoms with Gasteiger partial charge in [0.1, 0.15) is 16.3 Å². The van der Waals surface area contributed by atoms with E-state index in [1.165, 1.54) is 19.9 Å². The molecule has 3 aromatic rings. The molecule has 3 rings (SSSR count). The van der Waals surface area contributed by atoms with Crippen molar-refractivity contribution in [2.45, 2.75) is 26.1 Å². The number of aromatic nitrogens is 1. The number of esters is 1. The number of pyridine rings is 1. The average molecular weight is 455 g/mol. The van der Waals surface area contributed by atoms with Gasteiger partial charge in [0.15, 0.2) is 0 Å². The van der Waals surface area contributed by atoms with Gasteiger partial charge in [0.05, 0.1) is 18.8 Å². The number of alkyl halides is 2. The van der Waals surface area contributed by atoms with Crippen LogP contribution < -0.4 is 0 Å². The normalized spacial score (nSPS) is 12.3. The third kappa shape index (κ3) is 4.59. The molecule has 2 aromatic heterocycles. The summed E-state index contributed by atoms with van der Waals surface area (Å²) in [5.41, 5.74) is -3.67. The van der Waals surface area contributed by atoms with Crippen molar-refractivity contribution in [3.8, 4) is 0 Å². The smallest absolute Gasteiger partial charge is 0.404 e. The molecule has 0 unspecified atom stereocenters. The van der Waals surface area contributed by atoms with Crippen molar-refractivity contribution >= 4 is 35.1 Å². The molecule has 0 spiro atoms. The van der Waals surface area contributed by atoms with Gasteiger partial charge in [0, 0.05) is 11.6 Å². The Morgan fingerprint density at radius 3 is 2.43 bits per heavy atom. The van der Waals surface area contributed by atoms with Gasteiger partial charge in [-0.25, -0.2) is 9.78 Å². The molecule has 0 aliphatic heterocycles. The van der Waals surface area contributed by atoms with Crippen LogP contribution in [0.3, 0.4) is 0 Å². The van der Waals surface area contributed by atoms with E-state index < -0.39 is 24.8 Å². The van der Waals surface area contributed by atoms with E-state index in [4.69, 9.17) is 13.8 Å². The van der Waals surface area contributed by atoms with Gasteiger partial charge in [0.25, 0.3) is 0 Å². The van der Waals surface area contributed by atoms with Crippen molar-refractivity contribution in [3.63, 3.8) is 0 Å². The number of hydrogen-bond acceptors (Lipinski definition) is 7. The predicted molar refractivity (Wildman–Crippen MR) is 110 cm³/mol. The van der Waals surface area contributed by atoms with Crippen LogP contribution in [-0.4, -0.2) is 24.2 Å². The summed E-state index contributed by atoms with van der Waals surface area (Å²) < 4.78 is 57.4. The molecule has 0 saturated carbocycles. The zero-order valence-corrected chi connectivity index (χ0v) is 18.1. The monoisotopic (exact) mass is 455 g/mol. The number of carbonyl (C=O) groups excluding carboxylic acids is 1. The zero-order chi connectivity index (χ0) is 21.8. The molecule has 10 heteroatoms. The predicted octanol–water partition coefficient (Wildman–Crippen LogP) is 5.97. The third-order valence-electron chi connectivity index (χ3n) is 4.08. The molecule has 0 saturated heterocycles. The first-order valence-electron chi connectivity index (χ1n) is 9.19. The van der Waals surface area contributed by atoms with Crippen LogP contribution >= 0.6 is 18.9 Å². The molecule has 0 N–H and O–H groups in total. The van der Waals surface area contributed by atoms with Crippen molar-refractivity contribution < 1.29 is 31.9 Å². The highest BCUT2D eigenvalue weighted by atomic mass is 32.1. The van der Waals surface area contributed by atoms with E-state index in [9.17, 15) is 18.1 Å². The molecule has 0 fully saturated rings. The summed E-state index contributed by atoms with van der Waals surface area (Å²) in [6.45, 7) is 2.61. The molecule has 6 nitrogen and oxygen atoms in total. The van der Waals surface area contributed by atoms with Gasteiger partial charge >= 0.3 is 19.2 Å². The van der Waals surface area contributed by atoms with Crippen LogP contribution in [0.2, 0.25) is 0 Å². The van der Waals surface area contributed by atoms with Gasteiger partial charge in [0.2, 0.25) is 0 Å². The second-order valence-corrected chi connectivity index (χ2v) is 9.27. The largest absolute Gasteiger partial charge is 0.457 e. The van der Waals surface area contributed by atoms with Gasteiger partial charge in [-0.3, -0.25) is 4.57 Å². The molecule has 0 aliphatic carbocycles. The Labute approximate surface area is 176 Å². The standard InChI is InChI=1S/C20H20F2NO5PS/c1-3-27-29(25,28-4-2)20(21,22)16-10-15-11-17(30-18(15)23-12-16)19(24)26-13-14-8-6-5-7-9-14/h5-12H,3-4,13H2,1-2H3. The summed E-state index contributed by atoms with van der Waals surface area (Å²) in [5.74, 6) is -0.579. The fraction of sp³-hybridized carbons (Fsp3) is 0.300. The van der Waals surface area contributed by atoms with Gasteiger partial charge in [-0.05, 0) is 31.5 Å². The lowest BCUT2D eigenvalue weighted by Gasteiger charge is -2.25. The summed E-state index contributed by atoms with van der Waals surface area (Å²) in [7, 11) is -4.74. The second-order valence-electron chi connectivity index (χ2n) is 6.17. The van der Waals surface area contributed by atoms with E-state index >= 15 is 0 Å². The van der Waals surface area contributed by atoms with Crippen LogP contribution in [-0.2, 0) is 30.6 Å². The van der Waals surface area contributed by atoms with Crippen LogP contribution in [0, 0.1) is 0 Å². The van der Waals surface area contributed by atoms with Crippen molar-refractivity contribution in [2.75, 3.05) is 13.2 Å². The van der Waals surface area contributed by atoms with Crippen LogP contribution in [0.1, 0.15) is 34.6 Å². The Balaban J connectivity index is 1.84. The third-order valence-corrected chi connectivity index (χ3v) is 7.26. The van der Waals surface area contributed by atoms with Crippen LogP contribution in [0.5, 0.6) is 0 Å². The minimum absolute atomic E-state index is 0.0938. The molecule has 0 atom stereocenters. The number of ether oxygens (including phenoxy) is 1. The van der Waals surface area contributed by atoms with Crippen LogP contribution in [0.15, 0.2) is 48.7 Å². The number of fused-ring (bicyclic) bond motifs is 1. The van der Waals surface area contributed by atoms with E-state index in [1.807, 2.05) is 30.3 Å². The van der Waals surface area contributed by atoms with Crippen molar-refractivity contribution in [3.05, 3.63) is 64.7 Å². The molecule has 2 heterocycles. The lowest BCUT2D eigenvalue weighted by molar-refractivity contribution is 0.0359. The first-order valence-corrected chi connectivity index (χ1v) is 11.5. The lowest BCUT2D eigenvalue weighted by Crippen LogP contribution is -2.18. The summed E-state index contributed by atoms with van der Waals surface area (Å²) >= 11 is 1.03. The SMILES string of the molecule is CCOP(=O)(OCC)C(F)(F)c1cnc2sc(C(=O)OCc3ccccc3)cc2c1. The highest BCUT2D eigenvalue weighted by Crippen LogP contribution is 2.66. The van der Waals surface area contributed by atoms with E-state index in [0.29, 0.717) is 10.2 Å². The number of halogens is 2. The fourth-order valence-electron chi connectivity index (χ4n) is 2.69. The molecule has 30 heavy (non-hydrogen) atoms. The van der Waals surface area contributed by atoms with E-state index in [2.05, 4.69) is 4.98 Å². The molecular formula is C20H20F2NO5PS. The maximum atomic E-state index is 14.9. The Morgan fingerprint density at radius 1 is 1.13 bits per heavy atom. The Bertz CT molecular complexity index is 1060. The number of rotatable bonds is 9. The fourth-order valence-corrected chi connectivity index (χ4v) is 5.08. The Kier molecular flexibility index (Phi) is 6.98. The van der Waals surface area contributed by atoms with Gasteiger partial charge in [-0.15, -0.1) is 11.3 Å².